The Hall–Kier alpha value is -2.85. The molecular formula is C23H22FN3O5S. The van der Waals surface area contributed by atoms with Gasteiger partial charge in [0.05, 0.1) is 11.1 Å². The van der Waals surface area contributed by atoms with Crippen molar-refractivity contribution in [3.8, 4) is 11.5 Å². The zero-order chi connectivity index (χ0) is 22.6. The number of ether oxygens (including phenoxy) is 2. The molecule has 4 fully saturated rings. The Morgan fingerprint density at radius 1 is 1.33 bits per heavy atom. The maximum absolute atomic E-state index is 15.7. The molecule has 1 aromatic carbocycles. The van der Waals surface area contributed by atoms with E-state index in [4.69, 9.17) is 20.3 Å². The summed E-state index contributed by atoms with van der Waals surface area (Å²) in [4.78, 5) is 26.8. The van der Waals surface area contributed by atoms with Crippen LogP contribution in [-0.2, 0) is 6.61 Å². The number of halogens is 1. The van der Waals surface area contributed by atoms with Gasteiger partial charge in [-0.15, -0.1) is 11.3 Å². The number of hydrogen-bond acceptors (Lipinski definition) is 7. The molecule has 2 aromatic heterocycles. The van der Waals surface area contributed by atoms with Crippen molar-refractivity contribution in [2.45, 2.75) is 37.8 Å². The molecule has 1 saturated heterocycles. The molecule has 8 nitrogen and oxygen atoms in total. The second-order valence-electron chi connectivity index (χ2n) is 9.86. The Kier molecular flexibility index (Phi) is 3.79. The first-order chi connectivity index (χ1) is 15.9. The third-order valence-electron chi connectivity index (χ3n) is 8.39. The Balaban J connectivity index is 1.44. The minimum Gasteiger partial charge on any atom is -0.483 e. The fourth-order valence-corrected chi connectivity index (χ4v) is 7.88. The highest BCUT2D eigenvalue weighted by molar-refractivity contribution is 7.16. The smallest absolute Gasteiger partial charge is 0.483 e. The van der Waals surface area contributed by atoms with Crippen LogP contribution < -0.4 is 25.5 Å². The lowest BCUT2D eigenvalue weighted by molar-refractivity contribution is 0.0318. The first-order valence-corrected chi connectivity index (χ1v) is 12.1. The van der Waals surface area contributed by atoms with Gasteiger partial charge in [-0.2, -0.15) is 0 Å². The van der Waals surface area contributed by atoms with Gasteiger partial charge in [-0.3, -0.25) is 9.20 Å². The third kappa shape index (κ3) is 2.48. The van der Waals surface area contributed by atoms with Gasteiger partial charge in [0.25, 0.3) is 0 Å². The molecule has 2 unspecified atom stereocenters. The van der Waals surface area contributed by atoms with Gasteiger partial charge < -0.3 is 25.2 Å². The van der Waals surface area contributed by atoms with E-state index in [0.717, 1.165) is 37.9 Å². The number of rotatable bonds is 2. The van der Waals surface area contributed by atoms with Crippen molar-refractivity contribution >= 4 is 38.9 Å². The number of nitrogens with two attached hydrogens (primary N) is 1. The predicted octanol–water partition coefficient (Wildman–Crippen LogP) is 3.56. The Labute approximate surface area is 191 Å². The molecule has 3 aliphatic carbocycles. The molecule has 3 saturated carbocycles. The SMILES string of the molecule is NC12CCC(CC1)C1CN(c3c(F)cc4c(=O)c(OC(=O)O)c5scc6n5c4c3OC6)CC12. The van der Waals surface area contributed by atoms with Crippen LogP contribution >= 0.6 is 11.3 Å². The van der Waals surface area contributed by atoms with Crippen LogP contribution in [0, 0.1) is 23.6 Å². The summed E-state index contributed by atoms with van der Waals surface area (Å²) in [7, 11) is 0. The van der Waals surface area contributed by atoms with E-state index in [-0.39, 0.29) is 23.3 Å². The molecule has 0 radical (unpaired) electrons. The molecule has 3 aromatic rings. The van der Waals surface area contributed by atoms with Gasteiger partial charge in [-0.1, -0.05) is 0 Å². The quantitative estimate of drug-likeness (QED) is 0.551. The molecule has 0 spiro atoms. The summed E-state index contributed by atoms with van der Waals surface area (Å²) in [6.45, 7) is 1.59. The molecule has 8 rings (SSSR count). The largest absolute Gasteiger partial charge is 0.511 e. The standard InChI is InChI=1S/C23H22FN3O5S/c24-15-5-12-16-19(17(15)26-6-13-10-1-3-23(25,4-2-10)14(13)7-26)31-8-11-9-33-21(27(11)16)20(18(12)28)32-22(29)30/h5,9-10,13-14H,1-4,6-8,25H2,(H,29,30). The summed E-state index contributed by atoms with van der Waals surface area (Å²) in [6, 6.07) is 1.20. The maximum atomic E-state index is 15.7. The summed E-state index contributed by atoms with van der Waals surface area (Å²) in [5, 5.41) is 11.0. The van der Waals surface area contributed by atoms with E-state index in [2.05, 4.69) is 4.90 Å². The van der Waals surface area contributed by atoms with Crippen LogP contribution in [0.5, 0.6) is 11.5 Å². The number of carboxylic acid groups (broad SMARTS) is 1. The van der Waals surface area contributed by atoms with Gasteiger partial charge in [0.15, 0.2) is 11.6 Å². The predicted molar refractivity (Wildman–Crippen MR) is 120 cm³/mol. The average molecular weight is 472 g/mol. The van der Waals surface area contributed by atoms with E-state index in [1.54, 1.807) is 9.78 Å². The highest BCUT2D eigenvalue weighted by atomic mass is 32.1. The first-order valence-electron chi connectivity index (χ1n) is 11.2. The van der Waals surface area contributed by atoms with Crippen molar-refractivity contribution in [1.29, 1.82) is 0 Å². The maximum Gasteiger partial charge on any atom is 0.511 e. The van der Waals surface area contributed by atoms with Crippen LogP contribution in [-0.4, -0.2) is 34.3 Å². The molecule has 172 valence electrons. The number of anilines is 1. The van der Waals surface area contributed by atoms with Gasteiger partial charge in [0, 0.05) is 24.0 Å². The molecule has 0 amide bonds. The number of carbonyl (C=O) groups is 1. The zero-order valence-corrected chi connectivity index (χ0v) is 18.5. The monoisotopic (exact) mass is 471 g/mol. The van der Waals surface area contributed by atoms with Crippen molar-refractivity contribution in [2.24, 2.45) is 23.5 Å². The van der Waals surface area contributed by atoms with Gasteiger partial charge in [-0.25, -0.2) is 9.18 Å². The van der Waals surface area contributed by atoms with Crippen molar-refractivity contribution in [3.63, 3.8) is 0 Å². The number of pyridine rings is 1. The Bertz CT molecular complexity index is 1420. The minimum atomic E-state index is -1.58. The number of benzene rings is 1. The number of nitrogens with zero attached hydrogens (tertiary/aromatic N) is 2. The van der Waals surface area contributed by atoms with Gasteiger partial charge in [-0.05, 0) is 49.5 Å². The van der Waals surface area contributed by atoms with Crippen molar-refractivity contribution in [3.05, 3.63) is 33.2 Å². The van der Waals surface area contributed by atoms with Gasteiger partial charge in [0.1, 0.15) is 22.6 Å². The molecule has 10 heteroatoms. The second-order valence-corrected chi connectivity index (χ2v) is 10.7. The van der Waals surface area contributed by atoms with E-state index in [9.17, 15) is 9.59 Å². The van der Waals surface area contributed by atoms with E-state index in [1.807, 2.05) is 0 Å². The summed E-state index contributed by atoms with van der Waals surface area (Å²) in [5.41, 5.74) is 7.56. The van der Waals surface area contributed by atoms with Crippen LogP contribution in [0.25, 0.3) is 15.7 Å². The van der Waals surface area contributed by atoms with Crippen LogP contribution in [0.1, 0.15) is 31.4 Å². The molecule has 5 aliphatic rings. The Morgan fingerprint density at radius 2 is 2.12 bits per heavy atom. The summed E-state index contributed by atoms with van der Waals surface area (Å²) in [5.74, 6) is 0.865. The fourth-order valence-electron chi connectivity index (χ4n) is 6.91. The van der Waals surface area contributed by atoms with Crippen LogP contribution in [0.3, 0.4) is 0 Å². The molecule has 2 aliphatic heterocycles. The topological polar surface area (TPSA) is 106 Å². The molecule has 2 atom stereocenters. The molecule has 2 bridgehead atoms. The van der Waals surface area contributed by atoms with Crippen LogP contribution in [0.4, 0.5) is 14.9 Å². The van der Waals surface area contributed by atoms with Crippen molar-refractivity contribution in [1.82, 2.24) is 4.40 Å². The van der Waals surface area contributed by atoms with Crippen molar-refractivity contribution < 1.29 is 23.8 Å². The lowest BCUT2D eigenvalue weighted by Gasteiger charge is -2.52. The molecule has 33 heavy (non-hydrogen) atoms. The number of hydrogen-bond donors (Lipinski definition) is 2. The van der Waals surface area contributed by atoms with Gasteiger partial charge >= 0.3 is 6.16 Å². The Morgan fingerprint density at radius 3 is 2.85 bits per heavy atom. The number of aromatic nitrogens is 1. The normalized spacial score (nSPS) is 29.6. The molecule has 3 N–H and O–H groups in total. The summed E-state index contributed by atoms with van der Waals surface area (Å²) >= 11 is 1.21. The zero-order valence-electron chi connectivity index (χ0n) is 17.7. The van der Waals surface area contributed by atoms with E-state index in [1.165, 1.54) is 17.4 Å². The van der Waals surface area contributed by atoms with E-state index < -0.39 is 17.4 Å². The lowest BCUT2D eigenvalue weighted by Crippen LogP contribution is -2.58. The molecular weight excluding hydrogens is 449 g/mol. The van der Waals surface area contributed by atoms with Crippen LogP contribution in [0.2, 0.25) is 0 Å². The fraction of sp³-hybridized carbons (Fsp3) is 0.478. The van der Waals surface area contributed by atoms with Crippen LogP contribution in [0.15, 0.2) is 16.2 Å². The van der Waals surface area contributed by atoms with E-state index >= 15 is 4.39 Å². The first kappa shape index (κ1) is 19.6. The summed E-state index contributed by atoms with van der Waals surface area (Å²) < 4.78 is 28.3. The van der Waals surface area contributed by atoms with Gasteiger partial charge in [0.2, 0.25) is 11.2 Å². The molecule has 4 heterocycles. The van der Waals surface area contributed by atoms with Crippen molar-refractivity contribution in [2.75, 3.05) is 18.0 Å². The minimum absolute atomic E-state index is 0.0475. The number of fused-ring (bicyclic) bond motifs is 2. The average Bonchev–Trinajstić information content (AvgIpc) is 3.42. The highest BCUT2D eigenvalue weighted by Gasteiger charge is 2.55. The third-order valence-corrected chi connectivity index (χ3v) is 9.37. The lowest BCUT2D eigenvalue weighted by atomic mass is 9.56. The highest BCUT2D eigenvalue weighted by Crippen LogP contribution is 2.55. The van der Waals surface area contributed by atoms with E-state index in [0.29, 0.717) is 46.1 Å². The second kappa shape index (κ2) is 6.38. The number of thiazole rings is 1. The summed E-state index contributed by atoms with van der Waals surface area (Å²) in [6.07, 6.45) is 2.73.